The molecule has 0 N–H and O–H groups in total. The number of hydrogen-bond donors (Lipinski definition) is 0. The molecule has 1 amide bonds. The van der Waals surface area contributed by atoms with Gasteiger partial charge in [-0.1, -0.05) is 17.7 Å². The Labute approximate surface area is 146 Å². The van der Waals surface area contributed by atoms with Crippen molar-refractivity contribution in [3.8, 4) is 5.88 Å². The van der Waals surface area contributed by atoms with Crippen LogP contribution in [-0.4, -0.2) is 48.6 Å². The summed E-state index contributed by atoms with van der Waals surface area (Å²) in [5.74, 6) is -0.0626. The van der Waals surface area contributed by atoms with Crippen LogP contribution >= 0.6 is 11.6 Å². The Balaban J connectivity index is 2.35. The van der Waals surface area contributed by atoms with E-state index in [1.807, 2.05) is 6.41 Å². The predicted molar refractivity (Wildman–Crippen MR) is 90.4 cm³/mol. The van der Waals surface area contributed by atoms with Gasteiger partial charge in [-0.05, 0) is 32.9 Å². The summed E-state index contributed by atoms with van der Waals surface area (Å²) in [5.41, 5.74) is 0.659. The molecule has 2 heterocycles. The second-order valence-electron chi connectivity index (χ2n) is 6.49. The zero-order chi connectivity index (χ0) is 17.9. The third-order valence-electron chi connectivity index (χ3n) is 3.56. The van der Waals surface area contributed by atoms with Crippen LogP contribution < -0.4 is 4.74 Å². The summed E-state index contributed by atoms with van der Waals surface area (Å²) in [4.78, 5) is 29.0. The average Bonchev–Trinajstić information content (AvgIpc) is 2.54. The number of carbonyl (C=O) groups excluding carboxylic acids is 2. The Morgan fingerprint density at radius 2 is 2.12 bits per heavy atom. The maximum atomic E-state index is 12.2. The number of rotatable bonds is 4. The van der Waals surface area contributed by atoms with Crippen molar-refractivity contribution in [1.29, 1.82) is 0 Å². The topological polar surface area (TPSA) is 68.7 Å². The van der Waals surface area contributed by atoms with E-state index in [9.17, 15) is 9.59 Å². The minimum atomic E-state index is -0.649. The Hall–Kier alpha value is -2.08. The van der Waals surface area contributed by atoms with Gasteiger partial charge in [0.2, 0.25) is 5.88 Å². The summed E-state index contributed by atoms with van der Waals surface area (Å²) in [6.45, 7) is 5.91. The lowest BCUT2D eigenvalue weighted by molar-refractivity contribution is -0.156. The van der Waals surface area contributed by atoms with Crippen molar-refractivity contribution in [1.82, 2.24) is 9.88 Å². The van der Waals surface area contributed by atoms with Crippen molar-refractivity contribution < 1.29 is 19.1 Å². The molecule has 1 radical (unpaired) electrons. The van der Waals surface area contributed by atoms with Crippen molar-refractivity contribution >= 4 is 29.6 Å². The number of nitrogens with zero attached hydrogens (tertiary/aromatic N) is 2. The molecule has 1 atom stereocenters. The number of methoxy groups -OCH3 is 1. The number of esters is 1. The molecule has 0 unspecified atom stereocenters. The number of pyridine rings is 1. The van der Waals surface area contributed by atoms with E-state index in [0.29, 0.717) is 28.7 Å². The lowest BCUT2D eigenvalue weighted by Crippen LogP contribution is -2.41. The SMILES string of the molecule is COc1nc(C2=CCN([C]=O)C[C@@H]2OC(=O)C(C)(C)C)ccc1Cl. The summed E-state index contributed by atoms with van der Waals surface area (Å²) in [5, 5.41) is 0.392. The lowest BCUT2D eigenvalue weighted by atomic mass is 9.96. The van der Waals surface area contributed by atoms with Crippen LogP contribution in [-0.2, 0) is 14.3 Å². The van der Waals surface area contributed by atoms with Gasteiger partial charge in [0, 0.05) is 12.1 Å². The molecule has 0 fully saturated rings. The van der Waals surface area contributed by atoms with Gasteiger partial charge in [0.05, 0.1) is 24.8 Å². The van der Waals surface area contributed by atoms with Crippen molar-refractivity contribution in [2.75, 3.05) is 20.2 Å². The molecule has 1 aliphatic rings. The molecule has 0 spiro atoms. The summed E-state index contributed by atoms with van der Waals surface area (Å²) in [7, 11) is 1.48. The second-order valence-corrected chi connectivity index (χ2v) is 6.89. The van der Waals surface area contributed by atoms with Crippen molar-refractivity contribution in [3.63, 3.8) is 0 Å². The van der Waals surface area contributed by atoms with E-state index in [2.05, 4.69) is 4.98 Å². The minimum absolute atomic E-state index is 0.226. The molecule has 2 rings (SSSR count). The summed E-state index contributed by atoms with van der Waals surface area (Å²) < 4.78 is 10.8. The van der Waals surface area contributed by atoms with E-state index in [-0.39, 0.29) is 12.5 Å². The van der Waals surface area contributed by atoms with Crippen molar-refractivity contribution in [2.45, 2.75) is 26.9 Å². The number of halogens is 1. The standard InChI is InChI=1S/C17H20ClN2O4/c1-17(2,3)16(22)24-14-9-20(10-21)8-7-11(14)13-6-5-12(18)15(19-13)23-4/h5-7,14H,8-9H2,1-4H3/t14-/m0/s1. The van der Waals surface area contributed by atoms with Crippen molar-refractivity contribution in [2.24, 2.45) is 5.41 Å². The van der Waals surface area contributed by atoms with Crippen LogP contribution in [0.5, 0.6) is 5.88 Å². The molecule has 7 heteroatoms. The molecule has 0 bridgehead atoms. The molecule has 0 aliphatic carbocycles. The van der Waals surface area contributed by atoms with E-state index in [1.165, 1.54) is 12.0 Å². The number of carbonyl (C=O) groups is 1. The van der Waals surface area contributed by atoms with Crippen LogP contribution in [0, 0.1) is 5.41 Å². The highest BCUT2D eigenvalue weighted by atomic mass is 35.5. The molecule has 129 valence electrons. The van der Waals surface area contributed by atoms with Crippen LogP contribution in [0.3, 0.4) is 0 Å². The fraction of sp³-hybridized carbons (Fsp3) is 0.471. The van der Waals surface area contributed by atoms with E-state index in [1.54, 1.807) is 39.0 Å². The highest BCUT2D eigenvalue weighted by Gasteiger charge is 2.32. The Kier molecular flexibility index (Phi) is 5.49. The van der Waals surface area contributed by atoms with Gasteiger partial charge >= 0.3 is 12.4 Å². The number of aromatic nitrogens is 1. The van der Waals surface area contributed by atoms with Crippen molar-refractivity contribution in [3.05, 3.63) is 28.9 Å². The first-order valence-electron chi connectivity index (χ1n) is 7.51. The first-order valence-corrected chi connectivity index (χ1v) is 7.89. The van der Waals surface area contributed by atoms with E-state index in [4.69, 9.17) is 21.1 Å². The monoisotopic (exact) mass is 351 g/mol. The molecule has 0 saturated carbocycles. The molecule has 1 aromatic rings. The minimum Gasteiger partial charge on any atom is -0.480 e. The van der Waals surface area contributed by atoms with Crippen LogP contribution in [0.25, 0.3) is 5.57 Å². The molecule has 0 aromatic carbocycles. The van der Waals surface area contributed by atoms with Gasteiger partial charge in [0.25, 0.3) is 0 Å². The molecular weight excluding hydrogens is 332 g/mol. The molecule has 6 nitrogen and oxygen atoms in total. The normalized spacial score (nSPS) is 18.0. The lowest BCUT2D eigenvalue weighted by Gasteiger charge is -2.31. The smallest absolute Gasteiger partial charge is 0.312 e. The van der Waals surface area contributed by atoms with E-state index >= 15 is 0 Å². The number of amides is 1. The number of hydrogen-bond acceptors (Lipinski definition) is 5. The van der Waals surface area contributed by atoms with Gasteiger partial charge in [-0.25, -0.2) is 4.98 Å². The maximum Gasteiger partial charge on any atom is 0.312 e. The van der Waals surface area contributed by atoms with Gasteiger partial charge < -0.3 is 14.4 Å². The largest absolute Gasteiger partial charge is 0.480 e. The average molecular weight is 352 g/mol. The highest BCUT2D eigenvalue weighted by Crippen LogP contribution is 2.30. The summed E-state index contributed by atoms with van der Waals surface area (Å²) in [6.07, 6.45) is 3.01. The van der Waals surface area contributed by atoms with Gasteiger partial charge in [0.15, 0.2) is 0 Å². The van der Waals surface area contributed by atoms with Crippen LogP contribution in [0.2, 0.25) is 5.02 Å². The van der Waals surface area contributed by atoms with Gasteiger partial charge in [0.1, 0.15) is 11.1 Å². The fourth-order valence-corrected chi connectivity index (χ4v) is 2.37. The molecule has 1 aliphatic heterocycles. The molecule has 1 aromatic heterocycles. The summed E-state index contributed by atoms with van der Waals surface area (Å²) >= 11 is 6.01. The highest BCUT2D eigenvalue weighted by molar-refractivity contribution is 6.31. The molecule has 24 heavy (non-hydrogen) atoms. The first kappa shape index (κ1) is 18.3. The van der Waals surface area contributed by atoms with Crippen LogP contribution in [0.1, 0.15) is 26.5 Å². The van der Waals surface area contributed by atoms with E-state index < -0.39 is 11.5 Å². The predicted octanol–water partition coefficient (Wildman–Crippen LogP) is 2.47. The van der Waals surface area contributed by atoms with Gasteiger partial charge in [-0.2, -0.15) is 0 Å². The maximum absolute atomic E-state index is 12.2. The molecular formula is C17H20ClN2O4. The fourth-order valence-electron chi connectivity index (χ4n) is 2.19. The Morgan fingerprint density at radius 1 is 1.42 bits per heavy atom. The van der Waals surface area contributed by atoms with Gasteiger partial charge in [-0.3, -0.25) is 9.59 Å². The van der Waals surface area contributed by atoms with Crippen LogP contribution in [0.4, 0.5) is 0 Å². The number of ether oxygens (including phenoxy) is 2. The zero-order valence-electron chi connectivity index (χ0n) is 14.1. The van der Waals surface area contributed by atoms with Gasteiger partial charge in [-0.15, -0.1) is 0 Å². The summed E-state index contributed by atoms with van der Waals surface area (Å²) in [6, 6.07) is 3.40. The Morgan fingerprint density at radius 3 is 2.71 bits per heavy atom. The molecule has 0 saturated heterocycles. The third kappa shape index (κ3) is 4.06. The second kappa shape index (κ2) is 7.21. The third-order valence-corrected chi connectivity index (χ3v) is 3.85. The quantitative estimate of drug-likeness (QED) is 0.779. The first-order chi connectivity index (χ1) is 11.3. The van der Waals surface area contributed by atoms with E-state index in [0.717, 1.165) is 0 Å². The van der Waals surface area contributed by atoms with Crippen LogP contribution in [0.15, 0.2) is 18.2 Å². The zero-order valence-corrected chi connectivity index (χ0v) is 14.9. The Bertz CT molecular complexity index is 667.